The van der Waals surface area contributed by atoms with Crippen molar-refractivity contribution in [1.29, 1.82) is 5.41 Å². The SMILES string of the molecule is CN/C=C(\C(=N)F)[N+](=O)[O-]. The van der Waals surface area contributed by atoms with Crippen LogP contribution in [0.1, 0.15) is 0 Å². The lowest BCUT2D eigenvalue weighted by Gasteiger charge is -1.90. The van der Waals surface area contributed by atoms with E-state index in [1.54, 1.807) is 0 Å². The summed E-state index contributed by atoms with van der Waals surface area (Å²) in [7, 11) is 1.38. The smallest absolute Gasteiger partial charge is 0.338 e. The normalized spacial score (nSPS) is 10.8. The van der Waals surface area contributed by atoms with Gasteiger partial charge < -0.3 is 5.32 Å². The molecule has 0 saturated carbocycles. The summed E-state index contributed by atoms with van der Waals surface area (Å²) < 4.78 is 11.8. The molecule has 0 amide bonds. The van der Waals surface area contributed by atoms with Crippen molar-refractivity contribution in [2.75, 3.05) is 7.05 Å². The lowest BCUT2D eigenvalue weighted by atomic mass is 10.5. The molecule has 0 aromatic rings. The van der Waals surface area contributed by atoms with E-state index in [9.17, 15) is 14.5 Å². The Hall–Kier alpha value is -1.46. The Bertz CT molecular complexity index is 173. The van der Waals surface area contributed by atoms with E-state index in [4.69, 9.17) is 5.41 Å². The van der Waals surface area contributed by atoms with Crippen molar-refractivity contribution in [1.82, 2.24) is 5.32 Å². The summed E-state index contributed by atoms with van der Waals surface area (Å²) >= 11 is 0. The molecule has 2 N–H and O–H groups in total. The average Bonchev–Trinajstić information content (AvgIpc) is 1.81. The maximum atomic E-state index is 11.8. The number of halogens is 1. The van der Waals surface area contributed by atoms with Gasteiger partial charge in [0.15, 0.2) is 0 Å². The summed E-state index contributed by atoms with van der Waals surface area (Å²) in [5.41, 5.74) is -0.873. The summed E-state index contributed by atoms with van der Waals surface area (Å²) in [6, 6.07) is 0. The van der Waals surface area contributed by atoms with Crippen molar-refractivity contribution >= 4 is 5.97 Å². The first kappa shape index (κ1) is 8.54. The first-order valence-corrected chi connectivity index (χ1v) is 2.36. The van der Waals surface area contributed by atoms with Crippen LogP contribution in [0.5, 0.6) is 0 Å². The molecule has 0 bridgehead atoms. The fourth-order valence-electron chi connectivity index (χ4n) is 0.333. The second kappa shape index (κ2) is 3.54. The van der Waals surface area contributed by atoms with Crippen LogP contribution in [0.3, 0.4) is 0 Å². The molecule has 5 nitrogen and oxygen atoms in total. The molecule has 0 spiro atoms. The summed E-state index contributed by atoms with van der Waals surface area (Å²) in [6.45, 7) is 0. The van der Waals surface area contributed by atoms with E-state index in [-0.39, 0.29) is 0 Å². The molecule has 0 aliphatic heterocycles. The highest BCUT2D eigenvalue weighted by Crippen LogP contribution is 1.96. The number of nitro groups is 1. The maximum absolute atomic E-state index is 11.8. The van der Waals surface area contributed by atoms with Crippen LogP contribution in [-0.2, 0) is 0 Å². The highest BCUT2D eigenvalue weighted by atomic mass is 19.1. The summed E-state index contributed by atoms with van der Waals surface area (Å²) in [5.74, 6) is -1.56. The van der Waals surface area contributed by atoms with Gasteiger partial charge >= 0.3 is 5.70 Å². The Labute approximate surface area is 56.2 Å². The van der Waals surface area contributed by atoms with Gasteiger partial charge in [-0.05, 0) is 0 Å². The largest absolute Gasteiger partial charge is 0.388 e. The van der Waals surface area contributed by atoms with Gasteiger partial charge in [0.25, 0.3) is 5.97 Å². The molecular formula is C4H6FN3O2. The van der Waals surface area contributed by atoms with Gasteiger partial charge in [0.2, 0.25) is 0 Å². The van der Waals surface area contributed by atoms with Gasteiger partial charge in [0.05, 0.1) is 11.1 Å². The molecule has 56 valence electrons. The molecule has 0 heterocycles. The zero-order valence-corrected chi connectivity index (χ0v) is 5.22. The third-order valence-corrected chi connectivity index (χ3v) is 0.703. The van der Waals surface area contributed by atoms with Gasteiger partial charge in [-0.2, -0.15) is 4.39 Å². The lowest BCUT2D eigenvalue weighted by Crippen LogP contribution is -2.09. The van der Waals surface area contributed by atoms with Crippen molar-refractivity contribution in [3.8, 4) is 0 Å². The van der Waals surface area contributed by atoms with Gasteiger partial charge in [0, 0.05) is 7.05 Å². The number of rotatable bonds is 3. The minimum absolute atomic E-state index is 0.808. The average molecular weight is 147 g/mol. The number of hydrogen-bond donors (Lipinski definition) is 2. The Balaban J connectivity index is 4.42. The minimum atomic E-state index is -1.56. The zero-order valence-electron chi connectivity index (χ0n) is 5.22. The predicted molar refractivity (Wildman–Crippen MR) is 33.0 cm³/mol. The van der Waals surface area contributed by atoms with E-state index >= 15 is 0 Å². The fraction of sp³-hybridized carbons (Fsp3) is 0.250. The van der Waals surface area contributed by atoms with Crippen molar-refractivity contribution in [2.45, 2.75) is 0 Å². The van der Waals surface area contributed by atoms with E-state index in [0.717, 1.165) is 6.20 Å². The lowest BCUT2D eigenvalue weighted by molar-refractivity contribution is -0.416. The zero-order chi connectivity index (χ0) is 8.15. The van der Waals surface area contributed by atoms with Crippen LogP contribution in [0.2, 0.25) is 0 Å². The first-order chi connectivity index (χ1) is 4.59. The maximum Gasteiger partial charge on any atom is 0.338 e. The molecule has 0 saturated heterocycles. The Kier molecular flexibility index (Phi) is 3.03. The van der Waals surface area contributed by atoms with E-state index in [0.29, 0.717) is 0 Å². The highest BCUT2D eigenvalue weighted by Gasteiger charge is 2.15. The topological polar surface area (TPSA) is 79.0 Å². The van der Waals surface area contributed by atoms with Gasteiger partial charge in [-0.25, -0.2) is 0 Å². The Morgan fingerprint density at radius 2 is 2.40 bits per heavy atom. The Morgan fingerprint density at radius 1 is 1.90 bits per heavy atom. The van der Waals surface area contributed by atoms with E-state index < -0.39 is 16.6 Å². The summed E-state index contributed by atoms with van der Waals surface area (Å²) in [5, 5.41) is 18.4. The van der Waals surface area contributed by atoms with Gasteiger partial charge in [0.1, 0.15) is 0 Å². The summed E-state index contributed by atoms with van der Waals surface area (Å²) in [6.07, 6.45) is 0.808. The number of allylic oxidation sites excluding steroid dienone is 1. The van der Waals surface area contributed by atoms with Gasteiger partial charge in [-0.3, -0.25) is 15.5 Å². The third-order valence-electron chi connectivity index (χ3n) is 0.703. The molecule has 0 fully saturated rings. The number of hydrogen-bond acceptors (Lipinski definition) is 4. The van der Waals surface area contributed by atoms with E-state index in [1.165, 1.54) is 7.05 Å². The molecule has 0 aliphatic rings. The van der Waals surface area contributed by atoms with Gasteiger partial charge in [-0.1, -0.05) is 0 Å². The van der Waals surface area contributed by atoms with Crippen LogP contribution in [0.25, 0.3) is 0 Å². The molecule has 0 atom stereocenters. The minimum Gasteiger partial charge on any atom is -0.388 e. The quantitative estimate of drug-likeness (QED) is 0.341. The molecule has 0 radical (unpaired) electrons. The second-order valence-corrected chi connectivity index (χ2v) is 1.39. The highest BCUT2D eigenvalue weighted by molar-refractivity contribution is 5.86. The summed E-state index contributed by atoms with van der Waals surface area (Å²) in [4.78, 5) is 8.87. The second-order valence-electron chi connectivity index (χ2n) is 1.39. The predicted octanol–water partition coefficient (Wildman–Crippen LogP) is 0.271. The number of nitrogens with zero attached hydrogens (tertiary/aromatic N) is 1. The van der Waals surface area contributed by atoms with Crippen LogP contribution < -0.4 is 5.32 Å². The van der Waals surface area contributed by atoms with Crippen molar-refractivity contribution in [2.24, 2.45) is 0 Å². The van der Waals surface area contributed by atoms with Crippen LogP contribution in [0.4, 0.5) is 4.39 Å². The first-order valence-electron chi connectivity index (χ1n) is 2.36. The van der Waals surface area contributed by atoms with E-state index in [2.05, 4.69) is 5.32 Å². The van der Waals surface area contributed by atoms with Crippen molar-refractivity contribution in [3.63, 3.8) is 0 Å². The van der Waals surface area contributed by atoms with Crippen LogP contribution >= 0.6 is 0 Å². The molecule has 0 unspecified atom stereocenters. The third kappa shape index (κ3) is 2.21. The van der Waals surface area contributed by atoms with Crippen LogP contribution in [0.15, 0.2) is 11.9 Å². The molecule has 10 heavy (non-hydrogen) atoms. The van der Waals surface area contributed by atoms with Gasteiger partial charge in [-0.15, -0.1) is 0 Å². The molecule has 0 aliphatic carbocycles. The molecule has 0 aromatic heterocycles. The number of nitrogens with one attached hydrogen (secondary N) is 2. The molecule has 0 rings (SSSR count). The molecule has 0 aromatic carbocycles. The monoisotopic (exact) mass is 147 g/mol. The Morgan fingerprint density at radius 3 is 2.50 bits per heavy atom. The van der Waals surface area contributed by atoms with Crippen molar-refractivity contribution in [3.05, 3.63) is 22.0 Å². The standard InChI is InChI=1S/C4H6FN3O2/c1-7-2-3(4(5)6)8(9)10/h2,6-7H,1H3/b3-2+,6-4?. The van der Waals surface area contributed by atoms with E-state index in [1.807, 2.05) is 0 Å². The molecular weight excluding hydrogens is 141 g/mol. The fourth-order valence-corrected chi connectivity index (χ4v) is 0.333. The van der Waals surface area contributed by atoms with Crippen LogP contribution in [-0.4, -0.2) is 17.9 Å². The van der Waals surface area contributed by atoms with Crippen LogP contribution in [0, 0.1) is 15.5 Å². The molecule has 6 heteroatoms. The van der Waals surface area contributed by atoms with Crippen molar-refractivity contribution < 1.29 is 9.31 Å².